The second kappa shape index (κ2) is 11.4. The number of unbranched alkanes of at least 4 members (excludes halogenated alkanes) is 6. The lowest BCUT2D eigenvalue weighted by molar-refractivity contribution is -0.00613. The second-order valence-corrected chi connectivity index (χ2v) is 6.68. The fourth-order valence-electron chi connectivity index (χ4n) is 3.48. The summed E-state index contributed by atoms with van der Waals surface area (Å²) in [4.78, 5) is 2.71. The summed E-state index contributed by atoms with van der Waals surface area (Å²) >= 11 is 0. The van der Waals surface area contributed by atoms with Crippen molar-refractivity contribution in [2.24, 2.45) is 0 Å². The number of rotatable bonds is 12. The fraction of sp³-hybridized carbons (Fsp3) is 1.00. The number of nitrogens with zero attached hydrogens (tertiary/aromatic N) is 1. The second-order valence-electron chi connectivity index (χ2n) is 6.68. The third-order valence-electron chi connectivity index (χ3n) is 4.87. The predicted molar refractivity (Wildman–Crippen MR) is 93.3 cm³/mol. The van der Waals surface area contributed by atoms with Gasteiger partial charge >= 0.3 is 0 Å². The highest BCUT2D eigenvalue weighted by molar-refractivity contribution is 4.90. The van der Waals surface area contributed by atoms with Crippen LogP contribution in [0.15, 0.2) is 0 Å². The van der Waals surface area contributed by atoms with Gasteiger partial charge < -0.3 is 0 Å². The van der Waals surface area contributed by atoms with Crippen molar-refractivity contribution >= 4 is 0 Å². The van der Waals surface area contributed by atoms with Crippen LogP contribution in [0.4, 0.5) is 0 Å². The van der Waals surface area contributed by atoms with Crippen molar-refractivity contribution in [3.8, 4) is 0 Å². The zero-order valence-electron chi connectivity index (χ0n) is 14.8. The maximum atomic E-state index is 3.84. The van der Waals surface area contributed by atoms with Crippen molar-refractivity contribution in [2.75, 3.05) is 19.9 Å². The molecular formula is C18H39N3. The zero-order valence-corrected chi connectivity index (χ0v) is 14.8. The summed E-state index contributed by atoms with van der Waals surface area (Å²) < 4.78 is 0. The Kier molecular flexibility index (Phi) is 10.3. The molecule has 0 bridgehead atoms. The molecule has 0 spiro atoms. The van der Waals surface area contributed by atoms with E-state index in [2.05, 4.69) is 36.3 Å². The molecule has 0 aromatic rings. The van der Waals surface area contributed by atoms with E-state index in [1.54, 1.807) is 0 Å². The molecule has 1 saturated heterocycles. The van der Waals surface area contributed by atoms with Crippen LogP contribution >= 0.6 is 0 Å². The highest BCUT2D eigenvalue weighted by Crippen LogP contribution is 2.28. The first-order valence-corrected chi connectivity index (χ1v) is 9.50. The lowest BCUT2D eigenvalue weighted by atomic mass is 9.92. The van der Waals surface area contributed by atoms with Crippen LogP contribution in [0.1, 0.15) is 91.4 Å². The maximum absolute atomic E-state index is 3.84. The van der Waals surface area contributed by atoms with Gasteiger partial charge in [0, 0.05) is 13.2 Å². The van der Waals surface area contributed by atoms with Gasteiger partial charge in [-0.05, 0) is 19.3 Å². The van der Waals surface area contributed by atoms with E-state index in [1.165, 1.54) is 77.2 Å². The number of nitrogens with one attached hydrogen (secondary N) is 2. The van der Waals surface area contributed by atoms with Gasteiger partial charge in [0.1, 0.15) is 0 Å². The molecule has 21 heavy (non-hydrogen) atoms. The minimum Gasteiger partial charge on any atom is -0.292 e. The minimum absolute atomic E-state index is 0.267. The van der Waals surface area contributed by atoms with Crippen LogP contribution in [0.3, 0.4) is 0 Å². The molecule has 0 atom stereocenters. The van der Waals surface area contributed by atoms with E-state index in [1.807, 2.05) is 0 Å². The van der Waals surface area contributed by atoms with Gasteiger partial charge in [0.15, 0.2) is 0 Å². The summed E-state index contributed by atoms with van der Waals surface area (Å²) in [5.41, 5.74) is 0.267. The Balaban J connectivity index is 2.61. The summed E-state index contributed by atoms with van der Waals surface area (Å²) in [5.74, 6) is 0. The van der Waals surface area contributed by atoms with E-state index in [0.29, 0.717) is 0 Å². The molecule has 0 radical (unpaired) electrons. The Labute approximate surface area is 133 Å². The molecule has 2 N–H and O–H groups in total. The topological polar surface area (TPSA) is 27.3 Å². The van der Waals surface area contributed by atoms with Gasteiger partial charge in [0.25, 0.3) is 0 Å². The van der Waals surface area contributed by atoms with Crippen molar-refractivity contribution in [3.05, 3.63) is 0 Å². The Bertz CT molecular complexity index is 233. The minimum atomic E-state index is 0.267. The molecule has 0 saturated carbocycles. The van der Waals surface area contributed by atoms with Crippen molar-refractivity contribution in [1.82, 2.24) is 15.5 Å². The quantitative estimate of drug-likeness (QED) is 0.521. The van der Waals surface area contributed by atoms with Gasteiger partial charge in [0.2, 0.25) is 0 Å². The Morgan fingerprint density at radius 3 is 1.95 bits per heavy atom. The van der Waals surface area contributed by atoms with Crippen molar-refractivity contribution in [2.45, 2.75) is 97.1 Å². The van der Waals surface area contributed by atoms with Crippen LogP contribution in [0.25, 0.3) is 0 Å². The van der Waals surface area contributed by atoms with E-state index < -0.39 is 0 Å². The first-order valence-electron chi connectivity index (χ1n) is 9.50. The lowest BCUT2D eigenvalue weighted by Gasteiger charge is -2.49. The molecule has 1 aliphatic heterocycles. The molecule has 0 amide bonds. The Morgan fingerprint density at radius 1 is 0.810 bits per heavy atom. The third kappa shape index (κ3) is 6.66. The van der Waals surface area contributed by atoms with E-state index in [9.17, 15) is 0 Å². The van der Waals surface area contributed by atoms with Gasteiger partial charge in [-0.15, -0.1) is 0 Å². The van der Waals surface area contributed by atoms with Crippen LogP contribution in [0.2, 0.25) is 0 Å². The molecule has 1 heterocycles. The smallest absolute Gasteiger partial charge is 0.0732 e. The first-order chi connectivity index (χ1) is 10.3. The van der Waals surface area contributed by atoms with Crippen LogP contribution in [-0.4, -0.2) is 30.4 Å². The summed E-state index contributed by atoms with van der Waals surface area (Å²) in [5, 5.41) is 7.35. The monoisotopic (exact) mass is 297 g/mol. The molecule has 1 rings (SSSR count). The summed E-state index contributed by atoms with van der Waals surface area (Å²) in [6, 6.07) is 0. The van der Waals surface area contributed by atoms with Gasteiger partial charge in [0.05, 0.1) is 12.3 Å². The third-order valence-corrected chi connectivity index (χ3v) is 4.87. The van der Waals surface area contributed by atoms with E-state index >= 15 is 0 Å². The van der Waals surface area contributed by atoms with E-state index in [0.717, 1.165) is 13.3 Å². The molecule has 0 aliphatic carbocycles. The highest BCUT2D eigenvalue weighted by Gasteiger charge is 2.36. The normalized spacial score (nSPS) is 19.0. The molecule has 1 fully saturated rings. The molecule has 0 aromatic heterocycles. The summed E-state index contributed by atoms with van der Waals surface area (Å²) in [7, 11) is 0. The van der Waals surface area contributed by atoms with Gasteiger partial charge in [-0.3, -0.25) is 15.5 Å². The Morgan fingerprint density at radius 2 is 1.38 bits per heavy atom. The van der Waals surface area contributed by atoms with Crippen LogP contribution in [0.5, 0.6) is 0 Å². The van der Waals surface area contributed by atoms with E-state index in [-0.39, 0.29) is 5.66 Å². The average Bonchev–Trinajstić information content (AvgIpc) is 2.50. The standard InChI is InChI=1S/C18H39N3/c1-4-7-10-13-18(14-11-8-5-2)20-16-19-17-21(18)15-12-9-6-3/h19-20H,4-17H2,1-3H3. The largest absolute Gasteiger partial charge is 0.292 e. The van der Waals surface area contributed by atoms with Crippen molar-refractivity contribution in [3.63, 3.8) is 0 Å². The van der Waals surface area contributed by atoms with Crippen LogP contribution in [-0.2, 0) is 0 Å². The predicted octanol–water partition coefficient (Wildman–Crippen LogP) is 4.44. The highest BCUT2D eigenvalue weighted by atomic mass is 15.4. The molecule has 0 unspecified atom stereocenters. The van der Waals surface area contributed by atoms with Gasteiger partial charge in [-0.25, -0.2) is 0 Å². The molecule has 3 heteroatoms. The zero-order chi connectivity index (χ0) is 15.4. The van der Waals surface area contributed by atoms with E-state index in [4.69, 9.17) is 0 Å². The lowest BCUT2D eigenvalue weighted by Crippen LogP contribution is -2.67. The summed E-state index contributed by atoms with van der Waals surface area (Å²) in [6.07, 6.45) is 14.7. The SMILES string of the molecule is CCCCCN1CNCNC1(CCCCC)CCCCC. The van der Waals surface area contributed by atoms with Crippen LogP contribution in [0, 0.1) is 0 Å². The molecule has 126 valence electrons. The molecular weight excluding hydrogens is 258 g/mol. The average molecular weight is 298 g/mol. The maximum Gasteiger partial charge on any atom is 0.0732 e. The van der Waals surface area contributed by atoms with Gasteiger partial charge in [-0.2, -0.15) is 0 Å². The molecule has 3 nitrogen and oxygen atoms in total. The fourth-order valence-corrected chi connectivity index (χ4v) is 3.48. The van der Waals surface area contributed by atoms with Crippen molar-refractivity contribution in [1.29, 1.82) is 0 Å². The van der Waals surface area contributed by atoms with Crippen molar-refractivity contribution < 1.29 is 0 Å². The molecule has 1 aliphatic rings. The Hall–Kier alpha value is -0.120. The summed E-state index contributed by atoms with van der Waals surface area (Å²) in [6.45, 7) is 10.2. The molecule has 0 aromatic carbocycles. The first kappa shape index (κ1) is 18.9. The number of hydrogen-bond donors (Lipinski definition) is 2. The van der Waals surface area contributed by atoms with Crippen LogP contribution < -0.4 is 10.6 Å². The number of hydrogen-bond acceptors (Lipinski definition) is 3. The van der Waals surface area contributed by atoms with Gasteiger partial charge in [-0.1, -0.05) is 72.1 Å².